The number of likely N-dealkylation sites (tertiary alicyclic amines) is 1. The van der Waals surface area contributed by atoms with Gasteiger partial charge in [-0.3, -0.25) is 19.2 Å². The van der Waals surface area contributed by atoms with Crippen molar-refractivity contribution in [2.24, 2.45) is 11.7 Å². The summed E-state index contributed by atoms with van der Waals surface area (Å²) >= 11 is 0. The number of nitrogens with zero attached hydrogens (tertiary/aromatic N) is 1. The van der Waals surface area contributed by atoms with Crippen LogP contribution in [0.2, 0.25) is 0 Å². The summed E-state index contributed by atoms with van der Waals surface area (Å²) in [4.78, 5) is 56.3. The number of benzene rings is 1. The van der Waals surface area contributed by atoms with E-state index in [0.29, 0.717) is 32.2 Å². The van der Waals surface area contributed by atoms with E-state index in [4.69, 9.17) is 12.2 Å². The summed E-state index contributed by atoms with van der Waals surface area (Å²) in [6, 6.07) is 6.91. The second-order valence-electron chi connectivity index (χ2n) is 10.9. The average molecular weight is 688 g/mol. The van der Waals surface area contributed by atoms with Crippen molar-refractivity contribution < 1.29 is 24.0 Å². The Bertz CT molecular complexity index is 1020. The van der Waals surface area contributed by atoms with Crippen LogP contribution < -0.4 is 21.7 Å². The van der Waals surface area contributed by atoms with Crippen molar-refractivity contribution in [3.8, 4) is 12.3 Å². The number of Topliss-reactive ketones (excluding diaryl/α,β-unsaturated/α-hetero) is 1. The number of rotatable bonds is 11. The van der Waals surface area contributed by atoms with E-state index in [1.807, 2.05) is 44.7 Å². The third kappa shape index (κ3) is 25.5. The highest BCUT2D eigenvalue weighted by Gasteiger charge is 2.38. The van der Waals surface area contributed by atoms with Crippen molar-refractivity contribution in [2.45, 2.75) is 139 Å². The lowest BCUT2D eigenvalue weighted by Gasteiger charge is -2.30. The van der Waals surface area contributed by atoms with Gasteiger partial charge in [0.15, 0.2) is 5.78 Å². The van der Waals surface area contributed by atoms with Gasteiger partial charge in [0.1, 0.15) is 6.04 Å². The third-order valence-corrected chi connectivity index (χ3v) is 6.64. The number of ketones is 1. The van der Waals surface area contributed by atoms with Gasteiger partial charge in [0, 0.05) is 25.6 Å². The molecule has 1 heterocycles. The van der Waals surface area contributed by atoms with Gasteiger partial charge in [-0.2, -0.15) is 0 Å². The number of terminal acetylenes is 1. The first-order valence-electron chi connectivity index (χ1n) is 17.9. The van der Waals surface area contributed by atoms with E-state index in [0.717, 1.165) is 32.2 Å². The quantitative estimate of drug-likeness (QED) is 0.0925. The lowest BCUT2D eigenvalue weighted by atomic mass is 9.95. The molecule has 2 aliphatic rings. The number of urea groups is 1. The molecule has 0 bridgehead atoms. The lowest BCUT2D eigenvalue weighted by molar-refractivity contribution is -0.135. The number of amides is 5. The lowest BCUT2D eigenvalue weighted by Crippen LogP contribution is -2.54. The first-order valence-corrected chi connectivity index (χ1v) is 17.9. The van der Waals surface area contributed by atoms with Crippen molar-refractivity contribution in [3.05, 3.63) is 48.0 Å². The fourth-order valence-corrected chi connectivity index (χ4v) is 4.65. The maximum Gasteiger partial charge on any atom is 0.312 e. The van der Waals surface area contributed by atoms with Crippen LogP contribution in [0.15, 0.2) is 36.9 Å². The van der Waals surface area contributed by atoms with Gasteiger partial charge in [-0.15, -0.1) is 18.9 Å². The van der Waals surface area contributed by atoms with Gasteiger partial charge < -0.3 is 26.6 Å². The molecule has 3 atom stereocenters. The van der Waals surface area contributed by atoms with Crippen molar-refractivity contribution in [1.29, 1.82) is 0 Å². The van der Waals surface area contributed by atoms with Gasteiger partial charge in [-0.05, 0) is 63.0 Å². The van der Waals surface area contributed by atoms with E-state index in [9.17, 15) is 24.0 Å². The Hall–Kier alpha value is -4.13. The molecule has 280 valence electrons. The van der Waals surface area contributed by atoms with Gasteiger partial charge in [-0.25, -0.2) is 4.79 Å². The number of nitrogens with one attached hydrogen (secondary N) is 3. The monoisotopic (exact) mass is 688 g/mol. The third-order valence-electron chi connectivity index (χ3n) is 6.64. The fourth-order valence-electron chi connectivity index (χ4n) is 4.65. The molecule has 1 fully saturated rings. The number of hydrogen-bond acceptors (Lipinski definition) is 5. The molecule has 1 aromatic carbocycles. The second-order valence-corrected chi connectivity index (χ2v) is 10.9. The summed E-state index contributed by atoms with van der Waals surface area (Å²) in [5, 5.41) is 7.49. The number of carbonyl (C=O) groups is 5. The number of carbonyl (C=O) groups excluding carboxylic acids is 5. The maximum atomic E-state index is 12.9. The molecule has 5 N–H and O–H groups in total. The van der Waals surface area contributed by atoms with Gasteiger partial charge in [-0.1, -0.05) is 98.6 Å². The minimum atomic E-state index is -0.624. The van der Waals surface area contributed by atoms with Crippen LogP contribution >= 0.6 is 0 Å². The zero-order valence-electron chi connectivity index (χ0n) is 32.3. The van der Waals surface area contributed by atoms with E-state index in [1.165, 1.54) is 30.9 Å². The summed E-state index contributed by atoms with van der Waals surface area (Å²) in [6.45, 7) is 24.7. The zero-order valence-corrected chi connectivity index (χ0v) is 32.3. The predicted molar refractivity (Wildman–Crippen MR) is 205 cm³/mol. The molecular weight excluding hydrogens is 618 g/mol. The molecule has 49 heavy (non-hydrogen) atoms. The average Bonchev–Trinajstić information content (AvgIpc) is 3.73. The Morgan fingerprint density at radius 2 is 1.53 bits per heavy atom. The molecule has 1 aromatic rings. The van der Waals surface area contributed by atoms with E-state index in [2.05, 4.69) is 75.2 Å². The standard InChI is InChI=1S/C17H23N3O2.C8H11NO2.C4H7NO.2C3H8.2C2H6/c1-11-5-4-8-20(11)16(21)15(19-17(18)22)14-9-12-6-2-3-7-13(12)10-14;1-3-4-5-8(7(2)11)9-6-10;1-2-3-5-4-6;2*1-3-2;2*1-2/h2-3,6-7,11,14-15H,4-5,8-10H2,1H3,(H3,18,19,22);1,6,8H,4-5H2,2H3,(H,9,10);2,4H,1,3H2,(H,5,6);2*3H2,1-2H3;2*1-2H3. The molecule has 0 spiro atoms. The summed E-state index contributed by atoms with van der Waals surface area (Å²) < 4.78 is 0. The van der Waals surface area contributed by atoms with Gasteiger partial charge in [0.05, 0.1) is 6.04 Å². The van der Waals surface area contributed by atoms with E-state index < -0.39 is 18.1 Å². The molecule has 10 nitrogen and oxygen atoms in total. The molecule has 1 aliphatic heterocycles. The van der Waals surface area contributed by atoms with E-state index >= 15 is 0 Å². The summed E-state index contributed by atoms with van der Waals surface area (Å²) in [5.41, 5.74) is 7.86. The van der Waals surface area contributed by atoms with Gasteiger partial charge in [0.2, 0.25) is 18.7 Å². The van der Waals surface area contributed by atoms with Crippen LogP contribution in [0.25, 0.3) is 0 Å². The summed E-state index contributed by atoms with van der Waals surface area (Å²) in [7, 11) is 0. The van der Waals surface area contributed by atoms with Gasteiger partial charge >= 0.3 is 6.03 Å². The molecule has 5 amide bonds. The molecule has 0 radical (unpaired) electrons. The molecule has 3 rings (SSSR count). The van der Waals surface area contributed by atoms with Gasteiger partial charge in [0.25, 0.3) is 0 Å². The van der Waals surface area contributed by atoms with Crippen molar-refractivity contribution in [1.82, 2.24) is 20.9 Å². The number of nitrogens with two attached hydrogens (primary N) is 1. The van der Waals surface area contributed by atoms with Crippen LogP contribution in [-0.2, 0) is 32.0 Å². The Labute approximate surface area is 298 Å². The Morgan fingerprint density at radius 1 is 1.02 bits per heavy atom. The SMILES string of the molecule is C#CCCC(NC=O)C(C)=O.C=CCNC=O.CC.CC.CC1CCCN1C(=O)C(NC(N)=O)C1Cc2ccccc2C1.CCC.CCC. The minimum absolute atomic E-state index is 0.0154. The Balaban J connectivity index is -0.000000315. The second kappa shape index (κ2) is 36.7. The number of hydrogen-bond donors (Lipinski definition) is 4. The zero-order chi connectivity index (χ0) is 38.6. The Kier molecular flexibility index (Phi) is 38.7. The normalized spacial score (nSPS) is 14.4. The minimum Gasteiger partial charge on any atom is -0.355 e. The van der Waals surface area contributed by atoms with Crippen LogP contribution in [0.4, 0.5) is 4.79 Å². The van der Waals surface area contributed by atoms with Crippen LogP contribution in [-0.4, -0.2) is 66.7 Å². The highest BCUT2D eigenvalue weighted by molar-refractivity contribution is 5.87. The Morgan fingerprint density at radius 3 is 1.86 bits per heavy atom. The number of primary amides is 1. The maximum absolute atomic E-state index is 12.9. The fraction of sp³-hybridized carbons (Fsp3) is 0.615. The molecular formula is C39H69N5O5. The van der Waals surface area contributed by atoms with Crippen LogP contribution in [0.3, 0.4) is 0 Å². The van der Waals surface area contributed by atoms with Crippen molar-refractivity contribution in [3.63, 3.8) is 0 Å². The van der Waals surface area contributed by atoms with Crippen molar-refractivity contribution >= 4 is 30.5 Å². The molecule has 0 aromatic heterocycles. The van der Waals surface area contributed by atoms with Crippen LogP contribution in [0, 0.1) is 18.3 Å². The van der Waals surface area contributed by atoms with E-state index in [-0.39, 0.29) is 23.7 Å². The molecule has 3 unspecified atom stereocenters. The topological polar surface area (TPSA) is 151 Å². The first kappa shape index (κ1) is 51.7. The largest absolute Gasteiger partial charge is 0.355 e. The number of fused-ring (bicyclic) bond motifs is 1. The molecule has 0 saturated carbocycles. The van der Waals surface area contributed by atoms with Crippen LogP contribution in [0.5, 0.6) is 0 Å². The van der Waals surface area contributed by atoms with E-state index in [1.54, 1.807) is 6.08 Å². The smallest absolute Gasteiger partial charge is 0.312 e. The molecule has 1 saturated heterocycles. The highest BCUT2D eigenvalue weighted by Crippen LogP contribution is 2.30. The predicted octanol–water partition coefficient (Wildman–Crippen LogP) is 6.36. The van der Waals surface area contributed by atoms with Crippen molar-refractivity contribution in [2.75, 3.05) is 13.1 Å². The first-order chi connectivity index (χ1) is 23.5. The molecule has 10 heteroatoms. The highest BCUT2D eigenvalue weighted by atomic mass is 16.2. The summed E-state index contributed by atoms with van der Waals surface area (Å²) in [6.07, 6.45) is 15.0. The van der Waals surface area contributed by atoms with Crippen LogP contribution in [0.1, 0.15) is 119 Å². The summed E-state index contributed by atoms with van der Waals surface area (Å²) in [5.74, 6) is 2.44. The molecule has 1 aliphatic carbocycles.